The molecule has 0 aliphatic rings. The molecule has 0 radical (unpaired) electrons. The highest BCUT2D eigenvalue weighted by Gasteiger charge is 2.07. The lowest BCUT2D eigenvalue weighted by molar-refractivity contribution is 0.110. The molecule has 0 fully saturated rings. The second-order valence-corrected chi connectivity index (χ2v) is 5.87. The fourth-order valence-corrected chi connectivity index (χ4v) is 2.41. The largest absolute Gasteiger partial charge is 0.491 e. The fourth-order valence-electron chi connectivity index (χ4n) is 2.41. The molecule has 28 heavy (non-hydrogen) atoms. The molecular weight excluding hydrogens is 474 g/mol. The Morgan fingerprint density at radius 2 is 1.96 bits per heavy atom. The third-order valence-electron chi connectivity index (χ3n) is 3.84. The molecule has 2 rings (SSSR count). The monoisotopic (exact) mass is 502 g/mol. The number of ether oxygens (including phenoxy) is 2. The van der Waals surface area contributed by atoms with Gasteiger partial charge in [-0.05, 0) is 37.6 Å². The van der Waals surface area contributed by atoms with Crippen molar-refractivity contribution in [1.82, 2.24) is 15.6 Å². The number of benzene rings is 1. The third kappa shape index (κ3) is 7.97. The highest BCUT2D eigenvalue weighted by molar-refractivity contribution is 14.0. The minimum absolute atomic E-state index is 0. The molecule has 0 spiro atoms. The van der Waals surface area contributed by atoms with E-state index in [-0.39, 0.29) is 36.3 Å². The van der Waals surface area contributed by atoms with Gasteiger partial charge in [0.15, 0.2) is 5.96 Å². The molecule has 8 heteroatoms. The van der Waals surface area contributed by atoms with E-state index in [4.69, 9.17) is 9.47 Å². The van der Waals surface area contributed by atoms with E-state index in [9.17, 15) is 4.39 Å². The van der Waals surface area contributed by atoms with Gasteiger partial charge in [-0.1, -0.05) is 12.1 Å². The van der Waals surface area contributed by atoms with Crippen LogP contribution in [-0.2, 0) is 17.8 Å². The third-order valence-corrected chi connectivity index (χ3v) is 3.84. The molecule has 0 amide bonds. The number of guanidine groups is 1. The Morgan fingerprint density at radius 1 is 1.18 bits per heavy atom. The Bertz CT molecular complexity index is 759. The smallest absolute Gasteiger partial charge is 0.191 e. The zero-order valence-electron chi connectivity index (χ0n) is 16.5. The highest BCUT2D eigenvalue weighted by Crippen LogP contribution is 2.20. The molecule has 0 bridgehead atoms. The van der Waals surface area contributed by atoms with E-state index in [1.54, 1.807) is 19.3 Å². The number of rotatable bonds is 9. The number of hydrogen-bond donors (Lipinski definition) is 2. The van der Waals surface area contributed by atoms with Crippen molar-refractivity contribution in [1.29, 1.82) is 0 Å². The molecule has 0 saturated heterocycles. The van der Waals surface area contributed by atoms with Gasteiger partial charge in [-0.15, -0.1) is 24.0 Å². The van der Waals surface area contributed by atoms with E-state index in [0.29, 0.717) is 38.0 Å². The Hall–Kier alpha value is -1.94. The first-order valence-corrected chi connectivity index (χ1v) is 8.98. The Kier molecular flexibility index (Phi) is 11.4. The van der Waals surface area contributed by atoms with Crippen LogP contribution in [0, 0.1) is 12.7 Å². The SMILES string of the molecule is CCOCCOc1cc(C)ccc1CNC(=NC)NCc1ncccc1F.I. The Morgan fingerprint density at radius 3 is 2.68 bits per heavy atom. The zero-order chi connectivity index (χ0) is 19.5. The molecule has 6 nitrogen and oxygen atoms in total. The molecule has 1 heterocycles. The Balaban J connectivity index is 0.00000392. The molecule has 2 aromatic rings. The van der Waals surface area contributed by atoms with Gasteiger partial charge in [0.05, 0.1) is 18.8 Å². The number of aryl methyl sites for hydroxylation is 1. The van der Waals surface area contributed by atoms with Gasteiger partial charge in [0.1, 0.15) is 18.2 Å². The molecule has 2 N–H and O–H groups in total. The van der Waals surface area contributed by atoms with Crippen LogP contribution in [0.1, 0.15) is 23.7 Å². The number of hydrogen-bond acceptors (Lipinski definition) is 4. The van der Waals surface area contributed by atoms with Crippen LogP contribution >= 0.6 is 24.0 Å². The minimum atomic E-state index is -0.344. The molecule has 0 aliphatic heterocycles. The predicted molar refractivity (Wildman–Crippen MR) is 120 cm³/mol. The summed E-state index contributed by atoms with van der Waals surface area (Å²) in [6, 6.07) is 9.01. The predicted octanol–water partition coefficient (Wildman–Crippen LogP) is 3.43. The van der Waals surface area contributed by atoms with Crippen molar-refractivity contribution in [3.8, 4) is 5.75 Å². The van der Waals surface area contributed by atoms with Gasteiger partial charge in [-0.3, -0.25) is 9.98 Å². The lowest BCUT2D eigenvalue weighted by Crippen LogP contribution is -2.36. The van der Waals surface area contributed by atoms with Crippen molar-refractivity contribution in [2.45, 2.75) is 26.9 Å². The number of aromatic nitrogens is 1. The molecule has 154 valence electrons. The second kappa shape index (κ2) is 13.3. The summed E-state index contributed by atoms with van der Waals surface area (Å²) in [6.07, 6.45) is 1.56. The topological polar surface area (TPSA) is 67.8 Å². The van der Waals surface area contributed by atoms with Crippen LogP contribution in [0.25, 0.3) is 0 Å². The average Bonchev–Trinajstić information content (AvgIpc) is 2.68. The summed E-state index contributed by atoms with van der Waals surface area (Å²) in [5, 5.41) is 6.28. The zero-order valence-corrected chi connectivity index (χ0v) is 18.8. The second-order valence-electron chi connectivity index (χ2n) is 5.87. The summed E-state index contributed by atoms with van der Waals surface area (Å²) in [5.74, 6) is 1.03. The molecule has 1 aromatic heterocycles. The highest BCUT2D eigenvalue weighted by atomic mass is 127. The Labute approximate surface area is 183 Å². The quantitative estimate of drug-likeness (QED) is 0.238. The average molecular weight is 502 g/mol. The summed E-state index contributed by atoms with van der Waals surface area (Å²) in [7, 11) is 1.67. The van der Waals surface area contributed by atoms with Crippen LogP contribution in [0.15, 0.2) is 41.5 Å². The van der Waals surface area contributed by atoms with Crippen LogP contribution in [0.4, 0.5) is 4.39 Å². The molecule has 0 atom stereocenters. The van der Waals surface area contributed by atoms with Crippen molar-refractivity contribution in [2.24, 2.45) is 4.99 Å². The fraction of sp³-hybridized carbons (Fsp3) is 0.400. The van der Waals surface area contributed by atoms with E-state index in [2.05, 4.69) is 20.6 Å². The van der Waals surface area contributed by atoms with E-state index in [0.717, 1.165) is 16.9 Å². The van der Waals surface area contributed by atoms with Gasteiger partial charge in [0.25, 0.3) is 0 Å². The molecular formula is C20H28FIN4O2. The summed E-state index contributed by atoms with van der Waals surface area (Å²) in [5.41, 5.74) is 2.47. The normalized spacial score (nSPS) is 10.9. The number of pyridine rings is 1. The molecule has 1 aromatic carbocycles. The van der Waals surface area contributed by atoms with Crippen molar-refractivity contribution < 1.29 is 13.9 Å². The minimum Gasteiger partial charge on any atom is -0.491 e. The van der Waals surface area contributed by atoms with E-state index in [1.807, 2.05) is 32.0 Å². The van der Waals surface area contributed by atoms with Gasteiger partial charge in [-0.25, -0.2) is 4.39 Å². The number of halogens is 2. The van der Waals surface area contributed by atoms with Crippen LogP contribution in [0.5, 0.6) is 5.75 Å². The van der Waals surface area contributed by atoms with Gasteiger partial charge < -0.3 is 20.1 Å². The maximum atomic E-state index is 13.7. The number of nitrogens with one attached hydrogen (secondary N) is 2. The van der Waals surface area contributed by atoms with Crippen LogP contribution in [0.3, 0.4) is 0 Å². The lowest BCUT2D eigenvalue weighted by atomic mass is 10.1. The van der Waals surface area contributed by atoms with Crippen LogP contribution < -0.4 is 15.4 Å². The summed E-state index contributed by atoms with van der Waals surface area (Å²) in [4.78, 5) is 8.19. The first kappa shape index (κ1) is 24.1. The maximum Gasteiger partial charge on any atom is 0.191 e. The van der Waals surface area contributed by atoms with Gasteiger partial charge in [0.2, 0.25) is 0 Å². The molecule has 0 unspecified atom stereocenters. The lowest BCUT2D eigenvalue weighted by Gasteiger charge is -2.15. The maximum absolute atomic E-state index is 13.7. The standard InChI is InChI=1S/C20H27FN4O2.HI/c1-4-26-10-11-27-19-12-15(2)7-8-16(19)13-24-20(22-3)25-14-18-17(21)6-5-9-23-18;/h5-9,12H,4,10-11,13-14H2,1-3H3,(H2,22,24,25);1H. The first-order valence-electron chi connectivity index (χ1n) is 8.98. The summed E-state index contributed by atoms with van der Waals surface area (Å²) >= 11 is 0. The summed E-state index contributed by atoms with van der Waals surface area (Å²) < 4.78 is 24.8. The van der Waals surface area contributed by atoms with Crippen LogP contribution in [-0.4, -0.2) is 37.8 Å². The first-order chi connectivity index (χ1) is 13.1. The van der Waals surface area contributed by atoms with E-state index < -0.39 is 0 Å². The number of aliphatic imine (C=N–C) groups is 1. The number of nitrogens with zero attached hydrogens (tertiary/aromatic N) is 2. The van der Waals surface area contributed by atoms with Gasteiger partial charge >= 0.3 is 0 Å². The van der Waals surface area contributed by atoms with Crippen molar-refractivity contribution in [3.63, 3.8) is 0 Å². The van der Waals surface area contributed by atoms with E-state index >= 15 is 0 Å². The van der Waals surface area contributed by atoms with Gasteiger partial charge in [-0.2, -0.15) is 0 Å². The summed E-state index contributed by atoms with van der Waals surface area (Å²) in [6.45, 7) is 6.47. The van der Waals surface area contributed by atoms with E-state index in [1.165, 1.54) is 6.07 Å². The van der Waals surface area contributed by atoms with Crippen molar-refractivity contribution in [3.05, 3.63) is 59.2 Å². The molecule has 0 saturated carbocycles. The van der Waals surface area contributed by atoms with Gasteiger partial charge in [0, 0.05) is 32.0 Å². The van der Waals surface area contributed by atoms with Crippen molar-refractivity contribution >= 4 is 29.9 Å². The van der Waals surface area contributed by atoms with Crippen LogP contribution in [0.2, 0.25) is 0 Å². The van der Waals surface area contributed by atoms with Crippen molar-refractivity contribution in [2.75, 3.05) is 26.9 Å². The molecule has 0 aliphatic carbocycles.